The predicted molar refractivity (Wildman–Crippen MR) is 83.1 cm³/mol. The van der Waals surface area contributed by atoms with Crippen molar-refractivity contribution in [2.45, 2.75) is 45.7 Å². The summed E-state index contributed by atoms with van der Waals surface area (Å²) in [6, 6.07) is 2.70. The third-order valence-electron chi connectivity index (χ3n) is 3.32. The number of nitrogens with zero attached hydrogens (tertiary/aromatic N) is 1. The quantitative estimate of drug-likeness (QED) is 0.599. The topological polar surface area (TPSA) is 35.4 Å². The molecule has 4 heteroatoms. The number of hydrogen-bond acceptors (Lipinski definition) is 3. The molecule has 0 saturated heterocycles. The lowest BCUT2D eigenvalue weighted by atomic mass is 10.1. The summed E-state index contributed by atoms with van der Waals surface area (Å²) >= 11 is 0. The average Bonchev–Trinajstić information content (AvgIpc) is 2.92. The highest BCUT2D eigenvalue weighted by Gasteiger charge is 2.10. The van der Waals surface area contributed by atoms with Crippen LogP contribution in [0.2, 0.25) is 0 Å². The number of hydrogen-bond donors (Lipinski definition) is 1. The summed E-state index contributed by atoms with van der Waals surface area (Å²) < 4.78 is 12.7. The van der Waals surface area contributed by atoms with Gasteiger partial charge in [-0.1, -0.05) is 20.3 Å². The van der Waals surface area contributed by atoms with Crippen molar-refractivity contribution in [2.24, 2.45) is 0 Å². The Kier molecular flexibility index (Phi) is 9.37. The lowest BCUT2D eigenvalue weighted by Crippen LogP contribution is -2.21. The van der Waals surface area contributed by atoms with E-state index in [-0.39, 0.29) is 0 Å². The van der Waals surface area contributed by atoms with Crippen molar-refractivity contribution in [3.05, 3.63) is 24.0 Å². The molecule has 1 aromatic heterocycles. The van der Waals surface area contributed by atoms with Gasteiger partial charge in [0.25, 0.3) is 0 Å². The summed E-state index contributed by atoms with van der Waals surface area (Å²) in [5.41, 5.74) is 1.39. The minimum atomic E-state index is 0.482. The normalized spacial score (nSPS) is 12.8. The van der Waals surface area contributed by atoms with Crippen LogP contribution in [-0.2, 0) is 16.0 Å². The van der Waals surface area contributed by atoms with Crippen LogP contribution < -0.4 is 5.32 Å². The molecule has 4 nitrogen and oxygen atoms in total. The van der Waals surface area contributed by atoms with Crippen LogP contribution in [0.25, 0.3) is 0 Å². The zero-order valence-electron chi connectivity index (χ0n) is 13.2. The van der Waals surface area contributed by atoms with Crippen molar-refractivity contribution < 1.29 is 9.47 Å². The first-order valence-electron chi connectivity index (χ1n) is 7.77. The van der Waals surface area contributed by atoms with Crippen LogP contribution in [0, 0.1) is 0 Å². The van der Waals surface area contributed by atoms with Gasteiger partial charge in [0, 0.05) is 32.1 Å². The van der Waals surface area contributed by atoms with Gasteiger partial charge in [0.1, 0.15) is 0 Å². The molecule has 1 unspecified atom stereocenters. The van der Waals surface area contributed by atoms with Crippen LogP contribution in [0.15, 0.2) is 18.5 Å². The summed E-state index contributed by atoms with van der Waals surface area (Å²) in [6.45, 7) is 8.49. The Morgan fingerprint density at radius 1 is 1.20 bits per heavy atom. The van der Waals surface area contributed by atoms with Gasteiger partial charge >= 0.3 is 0 Å². The standard InChI is InChI=1S/C16H30N2O2/c1-4-6-16(17-8-5-2)15-7-9-18(14-15)10-11-20-13-12-19-3/h7,9,14,16-17H,4-6,8,10-13H2,1-3H3. The maximum atomic E-state index is 5.50. The van der Waals surface area contributed by atoms with E-state index in [9.17, 15) is 0 Å². The molecule has 0 fully saturated rings. The van der Waals surface area contributed by atoms with Crippen LogP contribution in [0.5, 0.6) is 0 Å². The molecule has 0 spiro atoms. The molecule has 20 heavy (non-hydrogen) atoms. The van der Waals surface area contributed by atoms with E-state index in [2.05, 4.69) is 42.2 Å². The zero-order valence-corrected chi connectivity index (χ0v) is 13.2. The fraction of sp³-hybridized carbons (Fsp3) is 0.750. The van der Waals surface area contributed by atoms with Crippen molar-refractivity contribution in [3.63, 3.8) is 0 Å². The summed E-state index contributed by atoms with van der Waals surface area (Å²) in [6.07, 6.45) is 7.95. The highest BCUT2D eigenvalue weighted by molar-refractivity contribution is 5.15. The van der Waals surface area contributed by atoms with Crippen LogP contribution in [0.1, 0.15) is 44.7 Å². The molecule has 0 aliphatic rings. The Morgan fingerprint density at radius 2 is 2.05 bits per heavy atom. The molecule has 0 aliphatic heterocycles. The molecule has 1 aromatic rings. The van der Waals surface area contributed by atoms with Crippen molar-refractivity contribution in [2.75, 3.05) is 33.5 Å². The van der Waals surface area contributed by atoms with E-state index in [1.54, 1.807) is 7.11 Å². The highest BCUT2D eigenvalue weighted by Crippen LogP contribution is 2.18. The fourth-order valence-corrected chi connectivity index (χ4v) is 2.21. The van der Waals surface area contributed by atoms with E-state index in [4.69, 9.17) is 9.47 Å². The number of methoxy groups -OCH3 is 1. The molecule has 1 rings (SSSR count). The molecule has 0 aliphatic carbocycles. The Morgan fingerprint density at radius 3 is 2.75 bits per heavy atom. The number of ether oxygens (including phenoxy) is 2. The third-order valence-corrected chi connectivity index (χ3v) is 3.32. The minimum Gasteiger partial charge on any atom is -0.382 e. The Labute approximate surface area is 123 Å². The van der Waals surface area contributed by atoms with Crippen LogP contribution >= 0.6 is 0 Å². The first kappa shape index (κ1) is 17.2. The maximum Gasteiger partial charge on any atom is 0.0701 e. The fourth-order valence-electron chi connectivity index (χ4n) is 2.21. The maximum absolute atomic E-state index is 5.50. The average molecular weight is 282 g/mol. The summed E-state index contributed by atoms with van der Waals surface area (Å²) in [5, 5.41) is 3.62. The smallest absolute Gasteiger partial charge is 0.0701 e. The summed E-state index contributed by atoms with van der Waals surface area (Å²) in [4.78, 5) is 0. The van der Waals surface area contributed by atoms with E-state index in [0.717, 1.165) is 19.7 Å². The van der Waals surface area contributed by atoms with Crippen LogP contribution in [-0.4, -0.2) is 38.0 Å². The van der Waals surface area contributed by atoms with Crippen LogP contribution in [0.4, 0.5) is 0 Å². The van der Waals surface area contributed by atoms with E-state index < -0.39 is 0 Å². The van der Waals surface area contributed by atoms with E-state index in [0.29, 0.717) is 19.3 Å². The van der Waals surface area contributed by atoms with Crippen LogP contribution in [0.3, 0.4) is 0 Å². The minimum absolute atomic E-state index is 0.482. The highest BCUT2D eigenvalue weighted by atomic mass is 16.5. The van der Waals surface area contributed by atoms with Crippen molar-refractivity contribution in [1.29, 1.82) is 0 Å². The monoisotopic (exact) mass is 282 g/mol. The molecule has 0 saturated carbocycles. The second-order valence-corrected chi connectivity index (χ2v) is 5.08. The van der Waals surface area contributed by atoms with Crippen molar-refractivity contribution in [1.82, 2.24) is 9.88 Å². The van der Waals surface area contributed by atoms with Gasteiger partial charge in [0.2, 0.25) is 0 Å². The van der Waals surface area contributed by atoms with Gasteiger partial charge in [-0.3, -0.25) is 0 Å². The van der Waals surface area contributed by atoms with E-state index >= 15 is 0 Å². The number of nitrogens with one attached hydrogen (secondary N) is 1. The lowest BCUT2D eigenvalue weighted by molar-refractivity contribution is 0.0666. The number of rotatable bonds is 12. The first-order valence-corrected chi connectivity index (χ1v) is 7.77. The van der Waals surface area contributed by atoms with Crippen molar-refractivity contribution >= 4 is 0 Å². The molecule has 0 bridgehead atoms. The van der Waals surface area contributed by atoms with E-state index in [1.807, 2.05) is 0 Å². The molecule has 0 radical (unpaired) electrons. The van der Waals surface area contributed by atoms with Gasteiger partial charge in [-0.2, -0.15) is 0 Å². The zero-order chi connectivity index (χ0) is 14.6. The number of aromatic nitrogens is 1. The lowest BCUT2D eigenvalue weighted by Gasteiger charge is -2.16. The third kappa shape index (κ3) is 6.55. The second-order valence-electron chi connectivity index (χ2n) is 5.08. The van der Waals surface area contributed by atoms with Crippen molar-refractivity contribution in [3.8, 4) is 0 Å². The summed E-state index contributed by atoms with van der Waals surface area (Å²) in [5.74, 6) is 0. The molecule has 0 aromatic carbocycles. The molecule has 116 valence electrons. The van der Waals surface area contributed by atoms with Gasteiger partial charge < -0.3 is 19.4 Å². The van der Waals surface area contributed by atoms with Gasteiger partial charge in [0.15, 0.2) is 0 Å². The Hall–Kier alpha value is -0.840. The molecule has 1 N–H and O–H groups in total. The predicted octanol–water partition coefficient (Wildman–Crippen LogP) is 2.99. The molecular formula is C16H30N2O2. The summed E-state index contributed by atoms with van der Waals surface area (Å²) in [7, 11) is 1.69. The SMILES string of the molecule is CCCNC(CCC)c1ccn(CCOCCOC)c1. The van der Waals surface area contributed by atoms with E-state index in [1.165, 1.54) is 24.8 Å². The van der Waals surface area contributed by atoms with Gasteiger partial charge in [-0.25, -0.2) is 0 Å². The van der Waals surface area contributed by atoms with Gasteiger partial charge in [-0.15, -0.1) is 0 Å². The Balaban J connectivity index is 2.38. The molecule has 0 amide bonds. The second kappa shape index (κ2) is 10.9. The first-order chi connectivity index (χ1) is 9.81. The molecule has 1 heterocycles. The Bertz CT molecular complexity index is 339. The van der Waals surface area contributed by atoms with Gasteiger partial charge in [0.05, 0.1) is 19.8 Å². The molecular weight excluding hydrogens is 252 g/mol. The molecule has 1 atom stereocenters. The van der Waals surface area contributed by atoms with Gasteiger partial charge in [-0.05, 0) is 31.0 Å². The largest absolute Gasteiger partial charge is 0.382 e.